The molecule has 1 aliphatic rings. The molecule has 5 nitrogen and oxygen atoms in total. The Bertz CT molecular complexity index is 914. The van der Waals surface area contributed by atoms with Crippen LogP contribution in [0.15, 0.2) is 41.3 Å². The van der Waals surface area contributed by atoms with Crippen LogP contribution in [0, 0.1) is 6.92 Å². The number of benzene rings is 2. The van der Waals surface area contributed by atoms with Gasteiger partial charge in [0.25, 0.3) is 5.91 Å². The summed E-state index contributed by atoms with van der Waals surface area (Å²) in [7, 11) is 4.66. The highest BCUT2D eigenvalue weighted by molar-refractivity contribution is 8.27. The van der Waals surface area contributed by atoms with Gasteiger partial charge in [0.15, 0.2) is 15.8 Å². The van der Waals surface area contributed by atoms with Crippen molar-refractivity contribution in [3.63, 3.8) is 0 Å². The number of amides is 1. The molecule has 2 aromatic rings. The molecule has 1 amide bonds. The van der Waals surface area contributed by atoms with E-state index in [1.54, 1.807) is 44.4 Å². The van der Waals surface area contributed by atoms with E-state index >= 15 is 0 Å². The smallest absolute Gasteiger partial charge is 0.270 e. The maximum Gasteiger partial charge on any atom is 0.270 e. The van der Waals surface area contributed by atoms with Gasteiger partial charge in [-0.2, -0.15) is 0 Å². The van der Waals surface area contributed by atoms with Crippen LogP contribution in [-0.2, 0) is 4.79 Å². The van der Waals surface area contributed by atoms with Crippen molar-refractivity contribution in [2.75, 3.05) is 26.2 Å². The third-order valence-corrected chi connectivity index (χ3v) is 5.44. The number of thiocarbonyl (C=S) groups is 1. The minimum absolute atomic E-state index is 0.145. The second-order valence-electron chi connectivity index (χ2n) is 5.76. The van der Waals surface area contributed by atoms with Crippen molar-refractivity contribution in [1.29, 1.82) is 0 Å². The molecule has 1 heterocycles. The van der Waals surface area contributed by atoms with Gasteiger partial charge in [-0.1, -0.05) is 42.2 Å². The van der Waals surface area contributed by atoms with Crippen LogP contribution in [0.1, 0.15) is 11.1 Å². The molecule has 3 rings (SSSR count). The maximum absolute atomic E-state index is 13.0. The highest BCUT2D eigenvalue weighted by Gasteiger charge is 2.34. The Kier molecular flexibility index (Phi) is 5.72. The molecule has 0 unspecified atom stereocenters. The number of para-hydroxylation sites is 1. The molecule has 1 aliphatic heterocycles. The lowest BCUT2D eigenvalue weighted by Gasteiger charge is -2.16. The van der Waals surface area contributed by atoms with Crippen molar-refractivity contribution in [2.24, 2.45) is 0 Å². The fourth-order valence-corrected chi connectivity index (χ4v) is 4.11. The second kappa shape index (κ2) is 8.02. The number of nitrogens with zero attached hydrogens (tertiary/aromatic N) is 1. The molecule has 0 spiro atoms. The van der Waals surface area contributed by atoms with Crippen LogP contribution in [-0.4, -0.2) is 31.6 Å². The standard InChI is InChI=1S/C20H19NO4S2/c1-12-7-5-6-8-14(12)21-19(22)17(27-20(21)26)11-13-9-15(23-2)18(25-4)16(10-13)24-3/h5-11H,1-4H3/b17-11-. The fourth-order valence-electron chi connectivity index (χ4n) is 2.83. The van der Waals surface area contributed by atoms with Crippen molar-refractivity contribution in [3.05, 3.63) is 52.4 Å². The molecule has 1 fully saturated rings. The van der Waals surface area contributed by atoms with E-state index in [-0.39, 0.29) is 5.91 Å². The molecule has 0 radical (unpaired) electrons. The van der Waals surface area contributed by atoms with Crippen LogP contribution in [0.4, 0.5) is 5.69 Å². The van der Waals surface area contributed by atoms with Crippen LogP contribution >= 0.6 is 24.0 Å². The summed E-state index contributed by atoms with van der Waals surface area (Å²) in [5.74, 6) is 1.41. The van der Waals surface area contributed by atoms with Gasteiger partial charge in [-0.05, 0) is 42.3 Å². The third-order valence-electron chi connectivity index (χ3n) is 4.13. The molecule has 27 heavy (non-hydrogen) atoms. The molecular weight excluding hydrogens is 382 g/mol. The summed E-state index contributed by atoms with van der Waals surface area (Å²) >= 11 is 6.72. The van der Waals surface area contributed by atoms with Crippen molar-refractivity contribution >= 4 is 46.0 Å². The van der Waals surface area contributed by atoms with Crippen molar-refractivity contribution in [2.45, 2.75) is 6.92 Å². The van der Waals surface area contributed by atoms with E-state index in [2.05, 4.69) is 0 Å². The van der Waals surface area contributed by atoms with Crippen LogP contribution in [0.5, 0.6) is 17.2 Å². The van der Waals surface area contributed by atoms with Gasteiger partial charge in [0.2, 0.25) is 5.75 Å². The zero-order chi connectivity index (χ0) is 19.6. The topological polar surface area (TPSA) is 48.0 Å². The van der Waals surface area contributed by atoms with Gasteiger partial charge in [-0.15, -0.1) is 0 Å². The maximum atomic E-state index is 13.0. The number of thioether (sulfide) groups is 1. The van der Waals surface area contributed by atoms with Gasteiger partial charge < -0.3 is 14.2 Å². The number of hydrogen-bond acceptors (Lipinski definition) is 6. The average molecular weight is 402 g/mol. The molecule has 0 aliphatic carbocycles. The Morgan fingerprint density at radius 3 is 2.22 bits per heavy atom. The van der Waals surface area contributed by atoms with Gasteiger partial charge in [0.1, 0.15) is 0 Å². The van der Waals surface area contributed by atoms with Crippen LogP contribution in [0.3, 0.4) is 0 Å². The van der Waals surface area contributed by atoms with Crippen LogP contribution < -0.4 is 19.1 Å². The lowest BCUT2D eigenvalue weighted by atomic mass is 10.1. The zero-order valence-electron chi connectivity index (χ0n) is 15.4. The zero-order valence-corrected chi connectivity index (χ0v) is 17.1. The van der Waals surface area contributed by atoms with E-state index < -0.39 is 0 Å². The minimum Gasteiger partial charge on any atom is -0.493 e. The van der Waals surface area contributed by atoms with Crippen molar-refractivity contribution in [1.82, 2.24) is 0 Å². The van der Waals surface area contributed by atoms with Gasteiger partial charge in [0, 0.05) is 0 Å². The van der Waals surface area contributed by atoms with Crippen LogP contribution in [0.2, 0.25) is 0 Å². The first-order valence-electron chi connectivity index (χ1n) is 8.13. The van der Waals surface area contributed by atoms with Gasteiger partial charge in [0.05, 0.1) is 31.9 Å². The monoisotopic (exact) mass is 401 g/mol. The number of carbonyl (C=O) groups excluding carboxylic acids is 1. The SMILES string of the molecule is COc1cc(/C=C2\SC(=S)N(c3ccccc3C)C2=O)cc(OC)c1OC. The molecule has 0 atom stereocenters. The lowest BCUT2D eigenvalue weighted by Crippen LogP contribution is -2.28. The molecule has 0 N–H and O–H groups in total. The predicted octanol–water partition coefficient (Wildman–Crippen LogP) is 4.43. The quantitative estimate of drug-likeness (QED) is 0.546. The molecule has 140 valence electrons. The highest BCUT2D eigenvalue weighted by Crippen LogP contribution is 2.41. The fraction of sp³-hybridized carbons (Fsp3) is 0.200. The first-order chi connectivity index (χ1) is 13.0. The molecule has 1 saturated heterocycles. The number of anilines is 1. The Hall–Kier alpha value is -2.51. The van der Waals surface area contributed by atoms with Gasteiger partial charge >= 0.3 is 0 Å². The number of hydrogen-bond donors (Lipinski definition) is 0. The Balaban J connectivity index is 2.00. The molecule has 2 aromatic carbocycles. The Labute approximate surface area is 167 Å². The molecule has 0 aromatic heterocycles. The van der Waals surface area contributed by atoms with Crippen molar-refractivity contribution in [3.8, 4) is 17.2 Å². The normalized spacial score (nSPS) is 15.4. The second-order valence-corrected chi connectivity index (χ2v) is 7.44. The summed E-state index contributed by atoms with van der Waals surface area (Å²) in [6.45, 7) is 1.96. The average Bonchev–Trinajstić information content (AvgIpc) is 2.94. The van der Waals surface area contributed by atoms with Gasteiger partial charge in [-0.25, -0.2) is 0 Å². The largest absolute Gasteiger partial charge is 0.493 e. The Morgan fingerprint density at radius 2 is 1.67 bits per heavy atom. The summed E-state index contributed by atoms with van der Waals surface area (Å²) < 4.78 is 16.6. The molecule has 7 heteroatoms. The summed E-state index contributed by atoms with van der Waals surface area (Å²) in [5.41, 5.74) is 2.55. The first kappa shape index (κ1) is 19.3. The van der Waals surface area contributed by atoms with Crippen LogP contribution in [0.25, 0.3) is 6.08 Å². The lowest BCUT2D eigenvalue weighted by molar-refractivity contribution is -0.113. The van der Waals surface area contributed by atoms with E-state index in [0.717, 1.165) is 16.8 Å². The summed E-state index contributed by atoms with van der Waals surface area (Å²) in [6.07, 6.45) is 1.78. The van der Waals surface area contributed by atoms with E-state index in [0.29, 0.717) is 26.5 Å². The third kappa shape index (κ3) is 3.65. The van der Waals surface area contributed by atoms with Gasteiger partial charge in [-0.3, -0.25) is 9.69 Å². The van der Waals surface area contributed by atoms with Crippen molar-refractivity contribution < 1.29 is 19.0 Å². The minimum atomic E-state index is -0.145. The van der Waals surface area contributed by atoms with E-state index in [9.17, 15) is 4.79 Å². The summed E-state index contributed by atoms with van der Waals surface area (Å²) in [6, 6.07) is 11.3. The molecular formula is C20H19NO4S2. The number of rotatable bonds is 5. The number of ether oxygens (including phenoxy) is 3. The predicted molar refractivity (Wildman–Crippen MR) is 113 cm³/mol. The summed E-state index contributed by atoms with van der Waals surface area (Å²) in [4.78, 5) is 15.1. The molecule has 0 saturated carbocycles. The Morgan fingerprint density at radius 1 is 1.04 bits per heavy atom. The van der Waals surface area contributed by atoms with E-state index in [4.69, 9.17) is 26.4 Å². The summed E-state index contributed by atoms with van der Waals surface area (Å²) in [5, 5.41) is 0. The number of aryl methyl sites for hydroxylation is 1. The number of methoxy groups -OCH3 is 3. The molecule has 0 bridgehead atoms. The van der Waals surface area contributed by atoms with E-state index in [1.165, 1.54) is 11.8 Å². The first-order valence-corrected chi connectivity index (χ1v) is 9.36. The number of carbonyl (C=O) groups is 1. The highest BCUT2D eigenvalue weighted by atomic mass is 32.2. The van der Waals surface area contributed by atoms with E-state index in [1.807, 2.05) is 31.2 Å².